The molecular formula is C10H5F3INO3. The molecule has 1 aromatic carbocycles. The van der Waals surface area contributed by atoms with Crippen molar-refractivity contribution < 1.29 is 27.4 Å². The molecule has 18 heavy (non-hydrogen) atoms. The van der Waals surface area contributed by atoms with E-state index >= 15 is 0 Å². The Kier molecular flexibility index (Phi) is 4.39. The molecule has 0 aliphatic heterocycles. The SMILES string of the molecule is COC(=O)c1ccc(I)c(OC(F)(F)F)c1C#N. The van der Waals surface area contributed by atoms with Gasteiger partial charge in [0.2, 0.25) is 0 Å². The summed E-state index contributed by atoms with van der Waals surface area (Å²) in [5, 5.41) is 8.86. The topological polar surface area (TPSA) is 59.3 Å². The molecule has 1 rings (SSSR count). The third kappa shape index (κ3) is 3.25. The van der Waals surface area contributed by atoms with Gasteiger partial charge in [0.1, 0.15) is 11.6 Å². The fraction of sp³-hybridized carbons (Fsp3) is 0.200. The lowest BCUT2D eigenvalue weighted by molar-refractivity contribution is -0.275. The van der Waals surface area contributed by atoms with Crippen molar-refractivity contribution >= 4 is 28.6 Å². The summed E-state index contributed by atoms with van der Waals surface area (Å²) in [6, 6.07) is 3.95. The van der Waals surface area contributed by atoms with Crippen LogP contribution in [0, 0.1) is 14.9 Å². The summed E-state index contributed by atoms with van der Waals surface area (Å²) in [4.78, 5) is 11.3. The molecule has 0 bridgehead atoms. The summed E-state index contributed by atoms with van der Waals surface area (Å²) in [6.45, 7) is 0. The molecule has 0 aliphatic rings. The maximum absolute atomic E-state index is 12.2. The van der Waals surface area contributed by atoms with Crippen molar-refractivity contribution in [1.29, 1.82) is 5.26 Å². The predicted molar refractivity (Wildman–Crippen MR) is 61.9 cm³/mol. The Morgan fingerprint density at radius 1 is 1.44 bits per heavy atom. The van der Waals surface area contributed by atoms with E-state index in [2.05, 4.69) is 9.47 Å². The Morgan fingerprint density at radius 2 is 2.06 bits per heavy atom. The summed E-state index contributed by atoms with van der Waals surface area (Å²) in [7, 11) is 1.06. The van der Waals surface area contributed by atoms with E-state index in [-0.39, 0.29) is 9.13 Å². The highest BCUT2D eigenvalue weighted by Gasteiger charge is 2.34. The minimum absolute atomic E-state index is 0.0640. The smallest absolute Gasteiger partial charge is 0.465 e. The number of nitriles is 1. The monoisotopic (exact) mass is 371 g/mol. The number of carbonyl (C=O) groups excluding carboxylic acids is 1. The van der Waals surface area contributed by atoms with Gasteiger partial charge in [0.25, 0.3) is 0 Å². The van der Waals surface area contributed by atoms with E-state index in [9.17, 15) is 18.0 Å². The Hall–Kier alpha value is -1.50. The van der Waals surface area contributed by atoms with E-state index in [0.29, 0.717) is 0 Å². The summed E-state index contributed by atoms with van der Waals surface area (Å²) in [5.41, 5.74) is -0.786. The zero-order chi connectivity index (χ0) is 13.9. The molecule has 0 aromatic heterocycles. The third-order valence-corrected chi connectivity index (χ3v) is 2.69. The van der Waals surface area contributed by atoms with Crippen molar-refractivity contribution in [3.63, 3.8) is 0 Å². The number of rotatable bonds is 2. The molecule has 0 saturated heterocycles. The van der Waals surface area contributed by atoms with Gasteiger partial charge < -0.3 is 9.47 Å². The predicted octanol–water partition coefficient (Wildman–Crippen LogP) is 2.85. The van der Waals surface area contributed by atoms with Crippen LogP contribution in [0.15, 0.2) is 12.1 Å². The van der Waals surface area contributed by atoms with Gasteiger partial charge in [0, 0.05) is 0 Å². The van der Waals surface area contributed by atoms with Crippen LogP contribution in [0.3, 0.4) is 0 Å². The number of nitrogens with zero attached hydrogens (tertiary/aromatic N) is 1. The van der Waals surface area contributed by atoms with Gasteiger partial charge >= 0.3 is 12.3 Å². The fourth-order valence-electron chi connectivity index (χ4n) is 1.16. The molecule has 0 heterocycles. The second kappa shape index (κ2) is 5.43. The molecule has 0 fully saturated rings. The quantitative estimate of drug-likeness (QED) is 0.593. The number of methoxy groups -OCH3 is 1. The number of alkyl halides is 3. The van der Waals surface area contributed by atoms with Crippen LogP contribution in [0.5, 0.6) is 5.75 Å². The minimum atomic E-state index is -4.94. The number of hydrogen-bond donors (Lipinski definition) is 0. The third-order valence-electron chi connectivity index (χ3n) is 1.84. The second-order valence-electron chi connectivity index (χ2n) is 2.95. The van der Waals surface area contributed by atoms with Gasteiger partial charge in [-0.3, -0.25) is 0 Å². The number of carbonyl (C=O) groups is 1. The van der Waals surface area contributed by atoms with Crippen LogP contribution in [0.4, 0.5) is 13.2 Å². The summed E-state index contributed by atoms with van der Waals surface area (Å²) >= 11 is 1.57. The largest absolute Gasteiger partial charge is 0.573 e. The van der Waals surface area contributed by atoms with Crippen molar-refractivity contribution in [3.8, 4) is 11.8 Å². The highest BCUT2D eigenvalue weighted by Crippen LogP contribution is 2.33. The second-order valence-corrected chi connectivity index (χ2v) is 4.11. The molecule has 1 aromatic rings. The van der Waals surface area contributed by atoms with Crippen LogP contribution in [0.1, 0.15) is 15.9 Å². The lowest BCUT2D eigenvalue weighted by Gasteiger charge is -2.13. The maximum atomic E-state index is 12.2. The number of benzene rings is 1. The molecule has 4 nitrogen and oxygen atoms in total. The highest BCUT2D eigenvalue weighted by molar-refractivity contribution is 14.1. The first-order valence-electron chi connectivity index (χ1n) is 4.36. The van der Waals surface area contributed by atoms with E-state index < -0.39 is 23.6 Å². The van der Waals surface area contributed by atoms with E-state index in [1.54, 1.807) is 22.6 Å². The van der Waals surface area contributed by atoms with Gasteiger partial charge in [-0.1, -0.05) is 0 Å². The van der Waals surface area contributed by atoms with Crippen LogP contribution in [-0.4, -0.2) is 19.4 Å². The maximum Gasteiger partial charge on any atom is 0.573 e. The minimum Gasteiger partial charge on any atom is -0.465 e. The first-order chi connectivity index (χ1) is 8.30. The first kappa shape index (κ1) is 14.6. The standard InChI is InChI=1S/C10H5F3INO3/c1-17-9(16)5-2-3-7(14)8(6(5)4-15)18-10(11,12)13/h2-3H,1H3. The van der Waals surface area contributed by atoms with Crippen molar-refractivity contribution in [2.75, 3.05) is 7.11 Å². The molecule has 0 atom stereocenters. The number of hydrogen-bond acceptors (Lipinski definition) is 4. The Bertz CT molecular complexity index is 522. The molecule has 0 saturated carbocycles. The molecule has 96 valence electrons. The average molecular weight is 371 g/mol. The molecule has 0 N–H and O–H groups in total. The summed E-state index contributed by atoms with van der Waals surface area (Å²) < 4.78 is 44.8. The van der Waals surface area contributed by atoms with Crippen LogP contribution >= 0.6 is 22.6 Å². The van der Waals surface area contributed by atoms with E-state index in [1.807, 2.05) is 0 Å². The van der Waals surface area contributed by atoms with E-state index in [0.717, 1.165) is 7.11 Å². The van der Waals surface area contributed by atoms with Crippen molar-refractivity contribution in [2.45, 2.75) is 6.36 Å². The van der Waals surface area contributed by atoms with Crippen LogP contribution in [-0.2, 0) is 4.74 Å². The molecule has 0 aliphatic carbocycles. The molecule has 0 unspecified atom stereocenters. The summed E-state index contributed by atoms with van der Waals surface area (Å²) in [5.74, 6) is -1.61. The van der Waals surface area contributed by atoms with Crippen LogP contribution < -0.4 is 4.74 Å². The lowest BCUT2D eigenvalue weighted by atomic mass is 10.1. The lowest BCUT2D eigenvalue weighted by Crippen LogP contribution is -2.19. The molecule has 0 radical (unpaired) electrons. The van der Waals surface area contributed by atoms with Crippen molar-refractivity contribution in [1.82, 2.24) is 0 Å². The molecule has 0 amide bonds. The Labute approximate surface area is 113 Å². The van der Waals surface area contributed by atoms with Crippen LogP contribution in [0.2, 0.25) is 0 Å². The Morgan fingerprint density at radius 3 is 2.50 bits per heavy atom. The van der Waals surface area contributed by atoms with Gasteiger partial charge in [-0.2, -0.15) is 5.26 Å². The van der Waals surface area contributed by atoms with Crippen molar-refractivity contribution in [3.05, 3.63) is 26.8 Å². The first-order valence-corrected chi connectivity index (χ1v) is 5.44. The molecular weight excluding hydrogens is 366 g/mol. The number of esters is 1. The van der Waals surface area contributed by atoms with Gasteiger partial charge in [0.15, 0.2) is 5.75 Å². The number of halogens is 4. The van der Waals surface area contributed by atoms with Gasteiger partial charge in [-0.15, -0.1) is 13.2 Å². The number of ether oxygens (including phenoxy) is 2. The molecule has 8 heteroatoms. The summed E-state index contributed by atoms with van der Waals surface area (Å²) in [6.07, 6.45) is -4.94. The van der Waals surface area contributed by atoms with Gasteiger partial charge in [0.05, 0.1) is 16.2 Å². The zero-order valence-corrected chi connectivity index (χ0v) is 11.0. The zero-order valence-electron chi connectivity index (χ0n) is 8.84. The average Bonchev–Trinajstić information content (AvgIpc) is 2.29. The van der Waals surface area contributed by atoms with Gasteiger partial charge in [-0.25, -0.2) is 4.79 Å². The normalized spacial score (nSPS) is 10.7. The highest BCUT2D eigenvalue weighted by atomic mass is 127. The van der Waals surface area contributed by atoms with Gasteiger partial charge in [-0.05, 0) is 34.7 Å². The van der Waals surface area contributed by atoms with Crippen LogP contribution in [0.25, 0.3) is 0 Å². The van der Waals surface area contributed by atoms with E-state index in [1.165, 1.54) is 18.2 Å². The van der Waals surface area contributed by atoms with Crippen molar-refractivity contribution in [2.24, 2.45) is 0 Å². The molecule has 0 spiro atoms. The van der Waals surface area contributed by atoms with E-state index in [4.69, 9.17) is 5.26 Å². The fourth-order valence-corrected chi connectivity index (χ4v) is 1.72. The Balaban J connectivity index is 3.41.